The van der Waals surface area contributed by atoms with Crippen LogP contribution in [0.1, 0.15) is 0 Å². The fourth-order valence-electron chi connectivity index (χ4n) is 1.84. The van der Waals surface area contributed by atoms with Gasteiger partial charge in [-0.1, -0.05) is 0 Å². The van der Waals surface area contributed by atoms with E-state index >= 15 is 0 Å². The van der Waals surface area contributed by atoms with Crippen molar-refractivity contribution in [2.24, 2.45) is 0 Å². The monoisotopic (exact) mass is 251 g/mol. The number of hydrogen-bond acceptors (Lipinski definition) is 4. The van der Waals surface area contributed by atoms with Crippen molar-refractivity contribution in [1.82, 2.24) is 4.98 Å². The van der Waals surface area contributed by atoms with E-state index in [2.05, 4.69) is 29.7 Å². The Morgan fingerprint density at radius 3 is 2.41 bits per heavy atom. The lowest BCUT2D eigenvalue weighted by Crippen LogP contribution is -2.12. The van der Waals surface area contributed by atoms with Crippen LogP contribution in [0.5, 0.6) is 5.75 Å². The normalized spacial score (nSPS) is 12.2. The first-order chi connectivity index (χ1) is 8.04. The van der Waals surface area contributed by atoms with Gasteiger partial charge in [0.05, 0.1) is 12.6 Å². The fourth-order valence-corrected chi connectivity index (χ4v) is 4.02. The van der Waals surface area contributed by atoms with Gasteiger partial charge < -0.3 is 9.64 Å². The van der Waals surface area contributed by atoms with E-state index < -0.39 is 7.68 Å². The van der Waals surface area contributed by atoms with Crippen LogP contribution in [0, 0.1) is 0 Å². The van der Waals surface area contributed by atoms with Crippen molar-refractivity contribution in [3.63, 3.8) is 0 Å². The molecule has 0 aliphatic heterocycles. The van der Waals surface area contributed by atoms with Gasteiger partial charge in [-0.15, -0.1) is 0 Å². The zero-order chi connectivity index (χ0) is 12.6. The molecule has 1 atom stereocenters. The smallest absolute Gasteiger partial charge is 0.163 e. The van der Waals surface area contributed by atoms with Crippen LogP contribution in [0.3, 0.4) is 0 Å². The lowest BCUT2D eigenvalue weighted by atomic mass is 10.3. The van der Waals surface area contributed by atoms with E-state index in [4.69, 9.17) is 9.72 Å². The molecule has 1 heterocycles. The maximum Gasteiger partial charge on any atom is 0.163 e. The van der Waals surface area contributed by atoms with Gasteiger partial charge in [0, 0.05) is 26.9 Å². The molecule has 5 heteroatoms. The highest BCUT2D eigenvalue weighted by molar-refractivity contribution is 7.60. The number of methoxy groups -OCH3 is 1. The first kappa shape index (κ1) is 12.2. The Balaban J connectivity index is 2.72. The Hall–Kier alpha value is -1.25. The van der Waals surface area contributed by atoms with Gasteiger partial charge in [-0.05, 0) is 32.3 Å². The summed E-state index contributed by atoms with van der Waals surface area (Å²) >= 11 is 0. The summed E-state index contributed by atoms with van der Waals surface area (Å²) < 4.78 is 7.53. The van der Waals surface area contributed by atoms with Gasteiger partial charge in [0.1, 0.15) is 5.75 Å². The molecule has 0 radical (unpaired) electrons. The van der Waals surface area contributed by atoms with Gasteiger partial charge >= 0.3 is 0 Å². The van der Waals surface area contributed by atoms with Crippen molar-refractivity contribution in [3.05, 3.63) is 18.2 Å². The zero-order valence-corrected chi connectivity index (χ0v) is 11.8. The third-order valence-electron chi connectivity index (χ3n) is 2.62. The first-order valence-corrected chi connectivity index (χ1v) is 6.75. The zero-order valence-electron chi connectivity index (χ0n) is 10.9. The quantitative estimate of drug-likeness (QED) is 0.838. The molecule has 0 fully saturated rings. The number of fused-ring (bicyclic) bond motifs is 1. The van der Waals surface area contributed by atoms with Crippen molar-refractivity contribution in [3.8, 4) is 5.75 Å². The van der Waals surface area contributed by atoms with Crippen molar-refractivity contribution in [2.75, 3.05) is 44.9 Å². The number of benzene rings is 1. The first-order valence-electron chi connectivity index (χ1n) is 5.46. The van der Waals surface area contributed by atoms with Crippen LogP contribution in [0.2, 0.25) is 0 Å². The molecule has 1 aromatic heterocycles. The van der Waals surface area contributed by atoms with E-state index in [0.29, 0.717) is 0 Å². The summed E-state index contributed by atoms with van der Waals surface area (Å²) in [4.78, 5) is 6.80. The minimum absolute atomic E-state index is 0.516. The molecule has 0 N–H and O–H groups in total. The Kier molecular flexibility index (Phi) is 3.27. The molecule has 1 unspecified atom stereocenters. The Morgan fingerprint density at radius 1 is 1.18 bits per heavy atom. The molecule has 0 spiro atoms. The highest BCUT2D eigenvalue weighted by Crippen LogP contribution is 2.47. The number of hydrogen-bond donors (Lipinski definition) is 0. The molecule has 0 bridgehead atoms. The van der Waals surface area contributed by atoms with Crippen molar-refractivity contribution < 1.29 is 4.74 Å². The van der Waals surface area contributed by atoms with Crippen LogP contribution >= 0.6 is 7.68 Å². The second kappa shape index (κ2) is 4.55. The largest absolute Gasteiger partial charge is 0.497 e. The van der Waals surface area contributed by atoms with E-state index in [1.165, 1.54) is 5.12 Å². The molecular weight excluding hydrogens is 233 g/mol. The SMILES string of the molecule is COc1ccc2nc(N(C)C)p(N(C)C)c2c1. The van der Waals surface area contributed by atoms with Crippen LogP contribution in [0.25, 0.3) is 10.6 Å². The highest BCUT2D eigenvalue weighted by Gasteiger charge is 2.16. The highest BCUT2D eigenvalue weighted by atomic mass is 31.1. The summed E-state index contributed by atoms with van der Waals surface area (Å²) in [7, 11) is 9.46. The molecule has 92 valence electrons. The molecule has 0 aliphatic rings. The molecule has 0 saturated heterocycles. The molecular formula is C12H18N3OP. The molecule has 2 rings (SSSR count). The van der Waals surface area contributed by atoms with Gasteiger partial charge in [0.2, 0.25) is 0 Å². The van der Waals surface area contributed by atoms with Crippen molar-refractivity contribution in [2.45, 2.75) is 0 Å². The summed E-state index contributed by atoms with van der Waals surface area (Å²) in [5.74, 6) is 0.897. The van der Waals surface area contributed by atoms with E-state index in [-0.39, 0.29) is 0 Å². The topological polar surface area (TPSA) is 28.6 Å². The van der Waals surface area contributed by atoms with E-state index in [1.54, 1.807) is 7.11 Å². The van der Waals surface area contributed by atoms with Crippen molar-refractivity contribution >= 4 is 23.9 Å². The van der Waals surface area contributed by atoms with E-state index in [0.717, 1.165) is 16.8 Å². The Bertz CT molecular complexity index is 534. The summed E-state index contributed by atoms with van der Waals surface area (Å²) in [6.45, 7) is 0. The summed E-state index contributed by atoms with van der Waals surface area (Å²) in [6.07, 6.45) is 0. The van der Waals surface area contributed by atoms with Gasteiger partial charge in [-0.3, -0.25) is 4.67 Å². The average Bonchev–Trinajstić information content (AvgIpc) is 2.66. The lowest BCUT2D eigenvalue weighted by Gasteiger charge is -2.17. The van der Waals surface area contributed by atoms with E-state index in [9.17, 15) is 0 Å². The molecule has 2 aromatic rings. The van der Waals surface area contributed by atoms with Crippen LogP contribution < -0.4 is 14.3 Å². The average molecular weight is 251 g/mol. The maximum atomic E-state index is 5.29. The third kappa shape index (κ3) is 2.11. The van der Waals surface area contributed by atoms with Crippen LogP contribution in [-0.4, -0.2) is 40.3 Å². The molecule has 1 aromatic carbocycles. The molecule has 4 nitrogen and oxygen atoms in total. The third-order valence-corrected chi connectivity index (χ3v) is 5.11. The van der Waals surface area contributed by atoms with Gasteiger partial charge in [0.15, 0.2) is 5.55 Å². The van der Waals surface area contributed by atoms with Crippen LogP contribution in [0.4, 0.5) is 5.55 Å². The molecule has 17 heavy (non-hydrogen) atoms. The summed E-state index contributed by atoms with van der Waals surface area (Å²) in [5, 5.41) is 1.27. The maximum absolute atomic E-state index is 5.29. The number of aromatic nitrogens is 1. The van der Waals surface area contributed by atoms with Crippen LogP contribution in [-0.2, 0) is 0 Å². The lowest BCUT2D eigenvalue weighted by molar-refractivity contribution is 0.415. The molecule has 0 saturated carbocycles. The van der Waals surface area contributed by atoms with Gasteiger partial charge in [0.25, 0.3) is 0 Å². The standard InChI is InChI=1S/C12H18N3OP/c1-14(2)12-13-10-7-6-9(16-5)8-11(10)17(12)15(3)4/h6-8H,1-5H3. The van der Waals surface area contributed by atoms with Crippen molar-refractivity contribution in [1.29, 1.82) is 0 Å². The van der Waals surface area contributed by atoms with Crippen LogP contribution in [0.15, 0.2) is 18.2 Å². The summed E-state index contributed by atoms with van der Waals surface area (Å²) in [5.41, 5.74) is 2.20. The number of rotatable bonds is 3. The summed E-state index contributed by atoms with van der Waals surface area (Å²) in [6, 6.07) is 6.09. The number of anilines is 1. The molecule has 0 amide bonds. The fraction of sp³-hybridized carbons (Fsp3) is 0.417. The number of nitrogens with zero attached hydrogens (tertiary/aromatic N) is 3. The Morgan fingerprint density at radius 2 is 1.88 bits per heavy atom. The Labute approximate surface area is 103 Å². The second-order valence-electron chi connectivity index (χ2n) is 4.32. The minimum Gasteiger partial charge on any atom is -0.497 e. The molecule has 0 aliphatic carbocycles. The van der Waals surface area contributed by atoms with Gasteiger partial charge in [-0.25, -0.2) is 4.98 Å². The minimum atomic E-state index is -0.516. The predicted octanol–water partition coefficient (Wildman–Crippen LogP) is 2.49. The van der Waals surface area contributed by atoms with Gasteiger partial charge in [-0.2, -0.15) is 0 Å². The van der Waals surface area contributed by atoms with E-state index in [1.807, 2.05) is 26.2 Å². The predicted molar refractivity (Wildman–Crippen MR) is 75.4 cm³/mol. The second-order valence-corrected chi connectivity index (χ2v) is 6.63. The number of ether oxygens (including phenoxy) is 1.